The number of sulfonamides is 1. The Hall–Kier alpha value is -2.59. The van der Waals surface area contributed by atoms with Gasteiger partial charge in [0.15, 0.2) is 0 Å². The van der Waals surface area contributed by atoms with Gasteiger partial charge in [0.2, 0.25) is 10.0 Å². The fourth-order valence-electron chi connectivity index (χ4n) is 6.87. The molecule has 4 N–H and O–H groups in total. The summed E-state index contributed by atoms with van der Waals surface area (Å²) < 4.78 is 30.1. The predicted molar refractivity (Wildman–Crippen MR) is 165 cm³/mol. The number of aliphatic hydroxyl groups excluding tert-OH is 1. The third kappa shape index (κ3) is 7.30. The second-order valence-electron chi connectivity index (χ2n) is 12.1. The van der Waals surface area contributed by atoms with Crippen LogP contribution in [0.15, 0.2) is 48.6 Å². The van der Waals surface area contributed by atoms with Gasteiger partial charge in [-0.25, -0.2) is 18.4 Å². The Labute approximate surface area is 253 Å². The molecule has 0 unspecified atom stereocenters. The highest BCUT2D eigenvalue weighted by Gasteiger charge is 2.37. The van der Waals surface area contributed by atoms with E-state index in [9.17, 15) is 23.4 Å². The Bertz CT molecular complexity index is 1410. The fourth-order valence-corrected chi connectivity index (χ4v) is 8.34. The van der Waals surface area contributed by atoms with Crippen molar-refractivity contribution in [2.45, 2.75) is 75.7 Å². The zero-order valence-corrected chi connectivity index (χ0v) is 25.4. The van der Waals surface area contributed by atoms with Crippen LogP contribution >= 0.6 is 11.6 Å². The van der Waals surface area contributed by atoms with Crippen LogP contribution in [-0.4, -0.2) is 49.0 Å². The maximum atomic E-state index is 11.9. The second kappa shape index (κ2) is 13.4. The molecule has 2 fully saturated rings. The number of aliphatic hydroxyl groups is 1. The lowest BCUT2D eigenvalue weighted by Gasteiger charge is -2.42. The number of anilines is 1. The van der Waals surface area contributed by atoms with Crippen molar-refractivity contribution < 1.29 is 28.2 Å². The lowest BCUT2D eigenvalue weighted by atomic mass is 9.70. The van der Waals surface area contributed by atoms with Gasteiger partial charge in [-0.1, -0.05) is 36.2 Å². The monoisotopic (exact) mass is 616 g/mol. The smallest absolute Gasteiger partial charge is 0.335 e. The van der Waals surface area contributed by atoms with Gasteiger partial charge in [-0.15, -0.1) is 0 Å². The maximum Gasteiger partial charge on any atom is 0.335 e. The Morgan fingerprint density at radius 3 is 2.64 bits per heavy atom. The van der Waals surface area contributed by atoms with E-state index in [1.807, 2.05) is 30.4 Å². The molecule has 1 aliphatic heterocycles. The van der Waals surface area contributed by atoms with Crippen molar-refractivity contribution in [2.24, 2.45) is 22.9 Å². The molecule has 1 heterocycles. The number of aryl methyl sites for hydroxylation is 1. The molecular formula is C32H41ClN2O6S. The standard InChI is InChI=1S/C32H41ClN2O6S/c33-26-13-10-25-20-41-30-15-12-23(32(37)38)18-28(30)35(16-2-1-5-22(25)17-26)19-24-11-14-27(24)29(36)8-3-6-21-7-4-9-31(21)42(34,39)40/h3,8,10,12-13,15,17-18,21,24,27,29,31,36H,1-2,4-7,9,11,14,16,19-20H2,(H,37,38)(H2,34,39,40)/b8-3+/t21-,24+,27-,29+,31-/m1/s1. The first-order chi connectivity index (χ1) is 20.1. The number of rotatable bonds is 8. The second-order valence-corrected chi connectivity index (χ2v) is 14.3. The van der Waals surface area contributed by atoms with Crippen LogP contribution in [0.3, 0.4) is 0 Å². The van der Waals surface area contributed by atoms with Gasteiger partial charge in [-0.2, -0.15) is 0 Å². The van der Waals surface area contributed by atoms with E-state index in [0.29, 0.717) is 36.8 Å². The van der Waals surface area contributed by atoms with Gasteiger partial charge < -0.3 is 19.8 Å². The van der Waals surface area contributed by atoms with Gasteiger partial charge in [0.1, 0.15) is 12.4 Å². The van der Waals surface area contributed by atoms with Gasteiger partial charge in [0.05, 0.1) is 22.6 Å². The third-order valence-corrected chi connectivity index (χ3v) is 11.1. The zero-order valence-electron chi connectivity index (χ0n) is 23.8. The van der Waals surface area contributed by atoms with E-state index in [-0.39, 0.29) is 23.3 Å². The number of nitrogens with two attached hydrogens (primary N) is 1. The van der Waals surface area contributed by atoms with Crippen molar-refractivity contribution >= 4 is 33.3 Å². The summed E-state index contributed by atoms with van der Waals surface area (Å²) in [4.78, 5) is 14.1. The van der Waals surface area contributed by atoms with Crippen LogP contribution in [0.25, 0.3) is 0 Å². The molecule has 8 nitrogen and oxygen atoms in total. The minimum atomic E-state index is -3.56. The number of aromatic carboxylic acids is 1. The lowest BCUT2D eigenvalue weighted by Crippen LogP contribution is -2.43. The summed E-state index contributed by atoms with van der Waals surface area (Å²) in [6.45, 7) is 1.79. The van der Waals surface area contributed by atoms with E-state index < -0.39 is 27.3 Å². The summed E-state index contributed by atoms with van der Waals surface area (Å²) in [7, 11) is -3.56. The number of hydrogen-bond donors (Lipinski definition) is 3. The number of carboxylic acids is 1. The van der Waals surface area contributed by atoms with E-state index in [2.05, 4.69) is 4.90 Å². The number of halogens is 1. The Morgan fingerprint density at radius 2 is 1.90 bits per heavy atom. The van der Waals surface area contributed by atoms with Gasteiger partial charge in [0.25, 0.3) is 0 Å². The molecule has 5 rings (SSSR count). The number of primary sulfonamides is 1. The molecule has 228 valence electrons. The van der Waals surface area contributed by atoms with Crippen LogP contribution in [0, 0.1) is 17.8 Å². The Kier molecular flexibility index (Phi) is 9.82. The summed E-state index contributed by atoms with van der Waals surface area (Å²) in [5.41, 5.74) is 3.21. The number of fused-ring (bicyclic) bond motifs is 2. The molecule has 0 radical (unpaired) electrons. The molecule has 0 amide bonds. The average Bonchev–Trinajstić information content (AvgIpc) is 3.40. The third-order valence-electron chi connectivity index (χ3n) is 9.38. The number of ether oxygens (including phenoxy) is 1. The fraction of sp³-hybridized carbons (Fsp3) is 0.531. The number of carboxylic acid groups (broad SMARTS) is 1. The van der Waals surface area contributed by atoms with Crippen molar-refractivity contribution in [1.82, 2.24) is 0 Å². The molecule has 2 aliphatic carbocycles. The summed E-state index contributed by atoms with van der Waals surface area (Å²) in [6.07, 6.45) is 10.6. The first kappa shape index (κ1) is 30.9. The molecule has 0 saturated heterocycles. The van der Waals surface area contributed by atoms with Crippen LogP contribution in [0.1, 0.15) is 72.9 Å². The largest absolute Gasteiger partial charge is 0.487 e. The number of allylic oxidation sites excluding steroid dienone is 1. The first-order valence-corrected chi connectivity index (χ1v) is 17.0. The number of carbonyl (C=O) groups is 1. The molecule has 10 heteroatoms. The highest BCUT2D eigenvalue weighted by molar-refractivity contribution is 7.89. The minimum absolute atomic E-state index is 0.000803. The van der Waals surface area contributed by atoms with Crippen LogP contribution < -0.4 is 14.8 Å². The van der Waals surface area contributed by atoms with Crippen LogP contribution in [0.5, 0.6) is 5.75 Å². The summed E-state index contributed by atoms with van der Waals surface area (Å²) in [6, 6.07) is 10.9. The number of hydrogen-bond acceptors (Lipinski definition) is 6. The van der Waals surface area contributed by atoms with Gasteiger partial charge >= 0.3 is 5.97 Å². The van der Waals surface area contributed by atoms with E-state index >= 15 is 0 Å². The molecule has 2 aromatic carbocycles. The van der Waals surface area contributed by atoms with Crippen molar-refractivity contribution in [3.63, 3.8) is 0 Å². The van der Waals surface area contributed by atoms with E-state index in [1.54, 1.807) is 18.2 Å². The van der Waals surface area contributed by atoms with E-state index in [1.165, 1.54) is 5.56 Å². The zero-order chi connectivity index (χ0) is 29.9. The summed E-state index contributed by atoms with van der Waals surface area (Å²) >= 11 is 6.28. The molecule has 42 heavy (non-hydrogen) atoms. The molecular weight excluding hydrogens is 576 g/mol. The SMILES string of the molecule is NS(=O)(=O)[C@@H]1CCC[C@H]1C/C=C/[C@H](O)[C@@H]1CC[C@H]1CN1CCCCc2cc(Cl)ccc2COc2ccc(C(=O)O)cc21. The number of benzene rings is 2. The Balaban J connectivity index is 1.30. The lowest BCUT2D eigenvalue weighted by molar-refractivity contribution is 0.0461. The highest BCUT2D eigenvalue weighted by atomic mass is 35.5. The highest BCUT2D eigenvalue weighted by Crippen LogP contribution is 2.41. The molecule has 0 bridgehead atoms. The normalized spacial score (nSPS) is 25.5. The Morgan fingerprint density at radius 1 is 1.07 bits per heavy atom. The predicted octanol–water partition coefficient (Wildman–Crippen LogP) is 5.55. The summed E-state index contributed by atoms with van der Waals surface area (Å²) in [5.74, 6) is -0.0340. The molecule has 2 saturated carbocycles. The molecule has 3 aliphatic rings. The van der Waals surface area contributed by atoms with E-state index in [4.69, 9.17) is 21.5 Å². The van der Waals surface area contributed by atoms with Gasteiger partial charge in [0, 0.05) is 18.1 Å². The van der Waals surface area contributed by atoms with Crippen LogP contribution in [-0.2, 0) is 23.1 Å². The van der Waals surface area contributed by atoms with E-state index in [0.717, 1.165) is 62.7 Å². The van der Waals surface area contributed by atoms with Gasteiger partial charge in [-0.3, -0.25) is 0 Å². The van der Waals surface area contributed by atoms with Crippen molar-refractivity contribution in [1.29, 1.82) is 0 Å². The van der Waals surface area contributed by atoms with Gasteiger partial charge in [-0.05, 0) is 111 Å². The quantitative estimate of drug-likeness (QED) is 0.332. The molecule has 0 spiro atoms. The van der Waals surface area contributed by atoms with Crippen molar-refractivity contribution in [2.75, 3.05) is 18.0 Å². The van der Waals surface area contributed by atoms with Crippen molar-refractivity contribution in [3.8, 4) is 5.75 Å². The maximum absolute atomic E-state index is 11.9. The van der Waals surface area contributed by atoms with Crippen molar-refractivity contribution in [3.05, 3.63) is 70.3 Å². The topological polar surface area (TPSA) is 130 Å². The van der Waals surface area contributed by atoms with Crippen LogP contribution in [0.4, 0.5) is 5.69 Å². The summed E-state index contributed by atoms with van der Waals surface area (Å²) in [5, 5.41) is 26.4. The first-order valence-electron chi connectivity index (χ1n) is 15.0. The minimum Gasteiger partial charge on any atom is -0.487 e. The molecule has 2 aromatic rings. The molecule has 5 atom stereocenters. The average molecular weight is 617 g/mol. The van der Waals surface area contributed by atoms with Crippen LogP contribution in [0.2, 0.25) is 5.02 Å². The number of nitrogens with zero attached hydrogens (tertiary/aromatic N) is 1. The molecule has 0 aromatic heterocycles.